The topological polar surface area (TPSA) is 58.6 Å². The third kappa shape index (κ3) is 4.79. The molecule has 0 fully saturated rings. The van der Waals surface area contributed by atoms with Gasteiger partial charge in [-0.15, -0.1) is 0 Å². The van der Waals surface area contributed by atoms with E-state index in [0.717, 1.165) is 6.54 Å². The molecular weight excluding hydrogens is 323 g/mol. The van der Waals surface area contributed by atoms with Gasteiger partial charge in [0.25, 0.3) is 0 Å². The largest absolute Gasteiger partial charge is 0.494 e. The van der Waals surface area contributed by atoms with Crippen LogP contribution in [0.2, 0.25) is 10.0 Å². The minimum atomic E-state index is -3.71. The average molecular weight is 341 g/mol. The van der Waals surface area contributed by atoms with Crippen LogP contribution in [0.5, 0.6) is 5.75 Å². The molecule has 114 valence electrons. The molecule has 0 amide bonds. The van der Waals surface area contributed by atoms with Crippen molar-refractivity contribution >= 4 is 33.2 Å². The van der Waals surface area contributed by atoms with E-state index < -0.39 is 10.0 Å². The van der Waals surface area contributed by atoms with Gasteiger partial charge in [0.15, 0.2) is 5.75 Å². The lowest BCUT2D eigenvalue weighted by atomic mass is 10.3. The summed E-state index contributed by atoms with van der Waals surface area (Å²) < 4.78 is 32.0. The second-order valence-electron chi connectivity index (χ2n) is 4.47. The quantitative estimate of drug-likeness (QED) is 0.773. The van der Waals surface area contributed by atoms with Crippen LogP contribution in [0.15, 0.2) is 17.0 Å². The highest BCUT2D eigenvalue weighted by atomic mass is 35.5. The number of benzene rings is 1. The van der Waals surface area contributed by atoms with Crippen molar-refractivity contribution in [3.05, 3.63) is 22.2 Å². The van der Waals surface area contributed by atoms with Gasteiger partial charge in [0, 0.05) is 11.6 Å². The summed E-state index contributed by atoms with van der Waals surface area (Å²) in [7, 11) is 1.50. The molecule has 0 saturated heterocycles. The molecule has 0 aliphatic carbocycles. The number of hydrogen-bond acceptors (Lipinski definition) is 4. The molecule has 0 bridgehead atoms. The Morgan fingerprint density at radius 1 is 1.30 bits per heavy atom. The zero-order valence-corrected chi connectivity index (χ0v) is 13.9. The predicted octanol–water partition coefficient (Wildman–Crippen LogP) is 2.23. The van der Waals surface area contributed by atoms with Crippen molar-refractivity contribution in [1.82, 2.24) is 9.62 Å². The molecule has 1 rings (SSSR count). The highest BCUT2D eigenvalue weighted by molar-refractivity contribution is 7.89. The summed E-state index contributed by atoms with van der Waals surface area (Å²) in [5, 5.41) is 0.401. The normalized spacial score (nSPS) is 11.9. The van der Waals surface area contributed by atoms with Crippen molar-refractivity contribution in [2.24, 2.45) is 0 Å². The first-order valence-electron chi connectivity index (χ1n) is 5.95. The van der Waals surface area contributed by atoms with Gasteiger partial charge in [-0.1, -0.05) is 23.2 Å². The molecular formula is C12H18Cl2N2O3S. The molecule has 0 unspecified atom stereocenters. The lowest BCUT2D eigenvalue weighted by Crippen LogP contribution is -2.27. The molecule has 1 aromatic carbocycles. The second kappa shape index (κ2) is 7.47. The zero-order valence-electron chi connectivity index (χ0n) is 11.6. The fraction of sp³-hybridized carbons (Fsp3) is 0.500. The van der Waals surface area contributed by atoms with E-state index in [1.54, 1.807) is 0 Å². The van der Waals surface area contributed by atoms with Crippen LogP contribution in [0, 0.1) is 0 Å². The number of nitrogens with one attached hydrogen (secondary N) is 1. The van der Waals surface area contributed by atoms with Gasteiger partial charge in [0.05, 0.1) is 12.1 Å². The minimum absolute atomic E-state index is 0.0534. The Morgan fingerprint density at radius 2 is 1.95 bits per heavy atom. The van der Waals surface area contributed by atoms with Crippen LogP contribution < -0.4 is 9.46 Å². The molecule has 1 aromatic rings. The number of sulfonamides is 1. The third-order valence-corrected chi connectivity index (χ3v) is 4.51. The number of ether oxygens (including phenoxy) is 1. The number of rotatable bonds is 7. The van der Waals surface area contributed by atoms with Crippen LogP contribution in [0.3, 0.4) is 0 Å². The maximum absolute atomic E-state index is 12.2. The summed E-state index contributed by atoms with van der Waals surface area (Å²) in [6.45, 7) is 1.11. The number of methoxy groups -OCH3 is 1. The van der Waals surface area contributed by atoms with E-state index in [1.807, 2.05) is 19.0 Å². The molecule has 0 aliphatic rings. The molecule has 20 heavy (non-hydrogen) atoms. The van der Waals surface area contributed by atoms with Crippen LogP contribution in [0.1, 0.15) is 6.42 Å². The van der Waals surface area contributed by atoms with Crippen molar-refractivity contribution < 1.29 is 13.2 Å². The zero-order chi connectivity index (χ0) is 15.3. The second-order valence-corrected chi connectivity index (χ2v) is 7.05. The van der Waals surface area contributed by atoms with Gasteiger partial charge in [-0.2, -0.15) is 0 Å². The fourth-order valence-corrected chi connectivity index (χ4v) is 3.59. The van der Waals surface area contributed by atoms with Crippen molar-refractivity contribution in [2.45, 2.75) is 11.3 Å². The Balaban J connectivity index is 2.92. The van der Waals surface area contributed by atoms with E-state index in [4.69, 9.17) is 27.9 Å². The molecule has 0 aromatic heterocycles. The molecule has 0 spiro atoms. The van der Waals surface area contributed by atoms with Crippen LogP contribution in [0.4, 0.5) is 0 Å². The summed E-state index contributed by atoms with van der Waals surface area (Å²) in [4.78, 5) is 1.92. The predicted molar refractivity (Wildman–Crippen MR) is 81.4 cm³/mol. The highest BCUT2D eigenvalue weighted by Crippen LogP contribution is 2.34. The van der Waals surface area contributed by atoms with Crippen molar-refractivity contribution in [3.63, 3.8) is 0 Å². The number of halogens is 2. The molecule has 0 aliphatic heterocycles. The Morgan fingerprint density at radius 3 is 2.50 bits per heavy atom. The Bertz CT molecular complexity index is 562. The van der Waals surface area contributed by atoms with Crippen molar-refractivity contribution in [1.29, 1.82) is 0 Å². The van der Waals surface area contributed by atoms with Crippen LogP contribution >= 0.6 is 23.2 Å². The van der Waals surface area contributed by atoms with Crippen molar-refractivity contribution in [3.8, 4) is 5.75 Å². The van der Waals surface area contributed by atoms with E-state index in [-0.39, 0.29) is 20.7 Å². The standard InChI is InChI=1S/C12H18Cl2N2O3S/c1-16(2)6-4-5-15-20(17,18)11-8-9(13)7-10(14)12(11)19-3/h7-8,15H,4-6H2,1-3H3. The van der Waals surface area contributed by atoms with Gasteiger partial charge in [-0.3, -0.25) is 0 Å². The Kier molecular flexibility index (Phi) is 6.54. The van der Waals surface area contributed by atoms with E-state index in [2.05, 4.69) is 4.72 Å². The highest BCUT2D eigenvalue weighted by Gasteiger charge is 2.22. The molecule has 0 heterocycles. The molecule has 0 atom stereocenters. The monoisotopic (exact) mass is 340 g/mol. The van der Waals surface area contributed by atoms with E-state index in [9.17, 15) is 8.42 Å². The minimum Gasteiger partial charge on any atom is -0.494 e. The van der Waals surface area contributed by atoms with Crippen LogP contribution in [-0.2, 0) is 10.0 Å². The average Bonchev–Trinajstić information content (AvgIpc) is 2.33. The summed E-state index contributed by atoms with van der Waals surface area (Å²) in [6.07, 6.45) is 0.697. The van der Waals surface area contributed by atoms with Crippen molar-refractivity contribution in [2.75, 3.05) is 34.3 Å². The number of nitrogens with zero attached hydrogens (tertiary/aromatic N) is 1. The first kappa shape index (κ1) is 17.5. The first-order chi connectivity index (χ1) is 9.27. The van der Waals surface area contributed by atoms with Gasteiger partial charge in [-0.25, -0.2) is 13.1 Å². The lowest BCUT2D eigenvalue weighted by molar-refractivity contribution is 0.397. The lowest BCUT2D eigenvalue weighted by Gasteiger charge is -2.13. The van der Waals surface area contributed by atoms with Crippen LogP contribution in [0.25, 0.3) is 0 Å². The maximum Gasteiger partial charge on any atom is 0.244 e. The summed E-state index contributed by atoms with van der Waals surface area (Å²) in [5.74, 6) is 0.0937. The molecule has 5 nitrogen and oxygen atoms in total. The summed E-state index contributed by atoms with van der Waals surface area (Å²) in [5.41, 5.74) is 0. The van der Waals surface area contributed by atoms with E-state index in [1.165, 1.54) is 19.2 Å². The first-order valence-corrected chi connectivity index (χ1v) is 8.19. The molecule has 0 radical (unpaired) electrons. The van der Waals surface area contributed by atoms with Gasteiger partial charge in [0.1, 0.15) is 4.90 Å². The Hall–Kier alpha value is -0.530. The van der Waals surface area contributed by atoms with Gasteiger partial charge in [0.2, 0.25) is 10.0 Å². The summed E-state index contributed by atoms with van der Waals surface area (Å²) in [6, 6.07) is 2.76. The smallest absolute Gasteiger partial charge is 0.244 e. The Labute approximate surface area is 129 Å². The van der Waals surface area contributed by atoms with E-state index in [0.29, 0.717) is 13.0 Å². The SMILES string of the molecule is COc1c(Cl)cc(Cl)cc1S(=O)(=O)NCCCN(C)C. The summed E-state index contributed by atoms with van der Waals surface area (Å²) >= 11 is 11.8. The van der Waals surface area contributed by atoms with E-state index >= 15 is 0 Å². The van der Waals surface area contributed by atoms with Crippen LogP contribution in [-0.4, -0.2) is 47.6 Å². The van der Waals surface area contributed by atoms with Gasteiger partial charge in [-0.05, 0) is 39.2 Å². The molecule has 0 saturated carbocycles. The van der Waals surface area contributed by atoms with Gasteiger partial charge >= 0.3 is 0 Å². The fourth-order valence-electron chi connectivity index (χ4n) is 1.61. The molecule has 8 heteroatoms. The maximum atomic E-state index is 12.2. The molecule has 1 N–H and O–H groups in total. The van der Waals surface area contributed by atoms with Gasteiger partial charge < -0.3 is 9.64 Å². The third-order valence-electron chi connectivity index (χ3n) is 2.54. The number of hydrogen-bond donors (Lipinski definition) is 1.